The van der Waals surface area contributed by atoms with Gasteiger partial charge in [-0.05, 0) is 55.5 Å². The summed E-state index contributed by atoms with van der Waals surface area (Å²) in [7, 11) is 1.57. The Morgan fingerprint density at radius 3 is 2.53 bits per heavy atom. The zero-order chi connectivity index (χ0) is 22.5. The van der Waals surface area contributed by atoms with Crippen LogP contribution >= 0.6 is 11.8 Å². The maximum absolute atomic E-state index is 13.1. The van der Waals surface area contributed by atoms with Gasteiger partial charge in [0.05, 0.1) is 31.4 Å². The van der Waals surface area contributed by atoms with Crippen LogP contribution in [0.5, 0.6) is 11.5 Å². The summed E-state index contributed by atoms with van der Waals surface area (Å²) >= 11 is 1.16. The topological polar surface area (TPSA) is 111 Å². The van der Waals surface area contributed by atoms with E-state index < -0.39 is 0 Å². The molecule has 2 heterocycles. The number of hydrogen-bond donors (Lipinski definition) is 2. The smallest absolute Gasteiger partial charge is 0.269 e. The van der Waals surface area contributed by atoms with Crippen molar-refractivity contribution in [3.63, 3.8) is 0 Å². The van der Waals surface area contributed by atoms with Crippen molar-refractivity contribution in [1.29, 1.82) is 0 Å². The lowest BCUT2D eigenvalue weighted by atomic mass is 10.3. The first-order valence-corrected chi connectivity index (χ1v) is 10.8. The third kappa shape index (κ3) is 4.59. The number of carbonyl (C=O) groups excluding carboxylic acids is 1. The number of amides is 1. The predicted octanol–water partition coefficient (Wildman–Crippen LogP) is 3.25. The molecule has 0 aliphatic rings. The van der Waals surface area contributed by atoms with Gasteiger partial charge in [0.25, 0.3) is 5.56 Å². The molecule has 0 spiro atoms. The molecule has 4 rings (SSSR count). The van der Waals surface area contributed by atoms with E-state index in [0.29, 0.717) is 39.9 Å². The van der Waals surface area contributed by atoms with E-state index in [9.17, 15) is 9.59 Å². The number of anilines is 1. The van der Waals surface area contributed by atoms with Crippen LogP contribution < -0.4 is 20.3 Å². The molecule has 0 radical (unpaired) electrons. The number of H-pyrrole nitrogens is 1. The second kappa shape index (κ2) is 9.56. The van der Waals surface area contributed by atoms with E-state index in [0.717, 1.165) is 17.5 Å². The van der Waals surface area contributed by atoms with Crippen LogP contribution in [0, 0.1) is 0 Å². The molecule has 9 nitrogen and oxygen atoms in total. The van der Waals surface area contributed by atoms with Crippen LogP contribution in [0.15, 0.2) is 64.7 Å². The highest BCUT2D eigenvalue weighted by molar-refractivity contribution is 7.99. The molecule has 2 aromatic carbocycles. The van der Waals surface area contributed by atoms with E-state index in [4.69, 9.17) is 9.47 Å². The fourth-order valence-electron chi connectivity index (χ4n) is 3.06. The van der Waals surface area contributed by atoms with E-state index in [1.807, 2.05) is 6.92 Å². The molecular formula is C22H21N5O4S. The maximum atomic E-state index is 13.1. The van der Waals surface area contributed by atoms with Crippen molar-refractivity contribution in [3.8, 4) is 17.2 Å². The van der Waals surface area contributed by atoms with Gasteiger partial charge in [0, 0.05) is 5.69 Å². The van der Waals surface area contributed by atoms with Gasteiger partial charge < -0.3 is 14.8 Å². The number of thioether (sulfide) groups is 1. The van der Waals surface area contributed by atoms with E-state index in [1.54, 1.807) is 55.6 Å². The molecule has 32 heavy (non-hydrogen) atoms. The van der Waals surface area contributed by atoms with Crippen molar-refractivity contribution >= 4 is 34.4 Å². The third-order valence-electron chi connectivity index (χ3n) is 4.56. The average Bonchev–Trinajstić information content (AvgIpc) is 3.28. The second-order valence-corrected chi connectivity index (χ2v) is 7.60. The Kier molecular flexibility index (Phi) is 6.41. The summed E-state index contributed by atoms with van der Waals surface area (Å²) in [4.78, 5) is 30.1. The van der Waals surface area contributed by atoms with Crippen molar-refractivity contribution in [1.82, 2.24) is 19.7 Å². The van der Waals surface area contributed by atoms with Crippen molar-refractivity contribution in [2.24, 2.45) is 0 Å². The molecule has 0 fully saturated rings. The molecule has 164 valence electrons. The number of aromatic nitrogens is 4. The number of aromatic amines is 1. The number of carbonyl (C=O) groups is 1. The number of hydrogen-bond acceptors (Lipinski definition) is 7. The molecule has 1 amide bonds. The van der Waals surface area contributed by atoms with Crippen LogP contribution in [0.2, 0.25) is 0 Å². The summed E-state index contributed by atoms with van der Waals surface area (Å²) in [6.45, 7) is 2.49. The first-order chi connectivity index (χ1) is 15.6. The van der Waals surface area contributed by atoms with Crippen LogP contribution in [0.1, 0.15) is 6.92 Å². The number of nitrogens with one attached hydrogen (secondary N) is 2. The standard InChI is InChI=1S/C22H21N5O4S/c1-3-31-17-8-4-14(5-9-17)24-19(28)13-32-22-25-20-18(12-23-26-20)21(29)27(22)15-6-10-16(30-2)11-7-15/h4-12H,3,13H2,1-2H3,(H,23,26)(H,24,28). The fraction of sp³-hybridized carbons (Fsp3) is 0.182. The van der Waals surface area contributed by atoms with Gasteiger partial charge in [0.2, 0.25) is 5.91 Å². The number of methoxy groups -OCH3 is 1. The highest BCUT2D eigenvalue weighted by Crippen LogP contribution is 2.23. The van der Waals surface area contributed by atoms with E-state index >= 15 is 0 Å². The molecule has 0 atom stereocenters. The summed E-state index contributed by atoms with van der Waals surface area (Å²) in [5, 5.41) is 10.2. The summed E-state index contributed by atoms with van der Waals surface area (Å²) in [5.74, 6) is 1.25. The van der Waals surface area contributed by atoms with Gasteiger partial charge in [0.1, 0.15) is 16.9 Å². The molecule has 2 aromatic heterocycles. The number of ether oxygens (including phenoxy) is 2. The minimum absolute atomic E-state index is 0.0649. The van der Waals surface area contributed by atoms with Gasteiger partial charge in [-0.2, -0.15) is 5.10 Å². The van der Waals surface area contributed by atoms with Crippen LogP contribution in [0.4, 0.5) is 5.69 Å². The van der Waals surface area contributed by atoms with Crippen LogP contribution in [-0.4, -0.2) is 45.1 Å². The molecule has 0 saturated heterocycles. The van der Waals surface area contributed by atoms with Crippen molar-refractivity contribution < 1.29 is 14.3 Å². The van der Waals surface area contributed by atoms with Gasteiger partial charge in [-0.1, -0.05) is 11.8 Å². The number of nitrogens with zero attached hydrogens (tertiary/aromatic N) is 3. The Bertz CT molecular complexity index is 1280. The predicted molar refractivity (Wildman–Crippen MR) is 123 cm³/mol. The Balaban J connectivity index is 1.56. The first kappa shape index (κ1) is 21.4. The van der Waals surface area contributed by atoms with Crippen molar-refractivity contribution in [2.45, 2.75) is 12.1 Å². The second-order valence-electron chi connectivity index (χ2n) is 6.66. The molecule has 10 heteroatoms. The summed E-state index contributed by atoms with van der Waals surface area (Å²) in [6, 6.07) is 14.2. The number of fused-ring (bicyclic) bond motifs is 1. The molecular weight excluding hydrogens is 430 g/mol. The number of benzene rings is 2. The lowest BCUT2D eigenvalue weighted by Gasteiger charge is -2.12. The SMILES string of the molecule is CCOc1ccc(NC(=O)CSc2nc3[nH]ncc3c(=O)n2-c2ccc(OC)cc2)cc1. The van der Waals surface area contributed by atoms with Gasteiger partial charge >= 0.3 is 0 Å². The zero-order valence-corrected chi connectivity index (χ0v) is 18.3. The molecule has 2 N–H and O–H groups in total. The van der Waals surface area contributed by atoms with Gasteiger partial charge in [-0.3, -0.25) is 19.3 Å². The van der Waals surface area contributed by atoms with Crippen LogP contribution in [0.3, 0.4) is 0 Å². The van der Waals surface area contributed by atoms with Gasteiger partial charge in [-0.15, -0.1) is 0 Å². The molecule has 0 aliphatic carbocycles. The maximum Gasteiger partial charge on any atom is 0.269 e. The lowest BCUT2D eigenvalue weighted by molar-refractivity contribution is -0.113. The average molecular weight is 452 g/mol. The van der Waals surface area contributed by atoms with Crippen molar-refractivity contribution in [2.75, 3.05) is 24.8 Å². The summed E-state index contributed by atoms with van der Waals surface area (Å²) in [6.07, 6.45) is 1.44. The van der Waals surface area contributed by atoms with E-state index in [2.05, 4.69) is 20.5 Å². The first-order valence-electron chi connectivity index (χ1n) is 9.85. The highest BCUT2D eigenvalue weighted by Gasteiger charge is 2.16. The van der Waals surface area contributed by atoms with E-state index in [1.165, 1.54) is 10.8 Å². The fourth-order valence-corrected chi connectivity index (χ4v) is 3.86. The Hall–Kier alpha value is -3.79. The molecule has 0 unspecified atom stereocenters. The number of rotatable bonds is 8. The summed E-state index contributed by atoms with van der Waals surface area (Å²) < 4.78 is 12.1. The zero-order valence-electron chi connectivity index (χ0n) is 17.5. The minimum atomic E-state index is -0.275. The molecule has 0 aliphatic heterocycles. The largest absolute Gasteiger partial charge is 0.497 e. The quantitative estimate of drug-likeness (QED) is 0.312. The Morgan fingerprint density at radius 2 is 1.84 bits per heavy atom. The van der Waals surface area contributed by atoms with Gasteiger partial charge in [-0.25, -0.2) is 4.98 Å². The van der Waals surface area contributed by atoms with Crippen LogP contribution in [-0.2, 0) is 4.79 Å². The highest BCUT2D eigenvalue weighted by atomic mass is 32.2. The Morgan fingerprint density at radius 1 is 1.12 bits per heavy atom. The lowest BCUT2D eigenvalue weighted by Crippen LogP contribution is -2.22. The molecule has 0 saturated carbocycles. The minimum Gasteiger partial charge on any atom is -0.497 e. The third-order valence-corrected chi connectivity index (χ3v) is 5.50. The summed E-state index contributed by atoms with van der Waals surface area (Å²) in [5.41, 5.74) is 1.36. The van der Waals surface area contributed by atoms with E-state index in [-0.39, 0.29) is 17.2 Å². The monoisotopic (exact) mass is 451 g/mol. The van der Waals surface area contributed by atoms with Crippen LogP contribution in [0.25, 0.3) is 16.7 Å². The van der Waals surface area contributed by atoms with Gasteiger partial charge in [0.15, 0.2) is 10.8 Å². The normalized spacial score (nSPS) is 10.8. The molecule has 0 bridgehead atoms. The molecule has 4 aromatic rings. The van der Waals surface area contributed by atoms with Crippen molar-refractivity contribution in [3.05, 3.63) is 65.1 Å². The Labute approximate surface area is 187 Å².